The third kappa shape index (κ3) is 3.39. The summed E-state index contributed by atoms with van der Waals surface area (Å²) in [5.41, 5.74) is 0.778. The highest BCUT2D eigenvalue weighted by Crippen LogP contribution is 2.40. The van der Waals surface area contributed by atoms with Crippen LogP contribution in [-0.4, -0.2) is 22.0 Å². The van der Waals surface area contributed by atoms with Crippen molar-refractivity contribution in [1.29, 1.82) is 0 Å². The highest BCUT2D eigenvalue weighted by atomic mass is 19.1. The third-order valence-electron chi connectivity index (χ3n) is 3.60. The molecule has 1 heterocycles. The molecule has 1 fully saturated rings. The molecule has 1 saturated carbocycles. The number of carbonyl (C=O) groups is 2. The number of rotatable bonds is 5. The Morgan fingerprint density at radius 1 is 1.43 bits per heavy atom. The molecule has 1 aromatic heterocycles. The van der Waals surface area contributed by atoms with Gasteiger partial charge in [-0.25, -0.2) is 9.37 Å². The van der Waals surface area contributed by atoms with Gasteiger partial charge >= 0.3 is 5.97 Å². The SMILES string of the molecule is Cc1nc(C2CC2)oc1C(=O)Nc1ccc(CC(=O)O)c(F)c1. The Kier molecular flexibility index (Phi) is 3.85. The molecule has 23 heavy (non-hydrogen) atoms. The molecule has 120 valence electrons. The molecule has 2 aromatic rings. The molecular formula is C16H15FN2O4. The molecule has 6 nitrogen and oxygen atoms in total. The number of nitrogens with one attached hydrogen (secondary N) is 1. The van der Waals surface area contributed by atoms with Gasteiger partial charge in [0.1, 0.15) is 5.82 Å². The number of benzene rings is 1. The van der Waals surface area contributed by atoms with Gasteiger partial charge in [0.2, 0.25) is 5.76 Å². The average Bonchev–Trinajstić information content (AvgIpc) is 3.24. The van der Waals surface area contributed by atoms with Crippen molar-refractivity contribution >= 4 is 17.6 Å². The molecule has 0 aliphatic heterocycles. The molecule has 0 atom stereocenters. The van der Waals surface area contributed by atoms with Crippen molar-refractivity contribution in [2.75, 3.05) is 5.32 Å². The number of oxazole rings is 1. The quantitative estimate of drug-likeness (QED) is 0.884. The number of aryl methyl sites for hydroxylation is 1. The number of aromatic nitrogens is 1. The van der Waals surface area contributed by atoms with E-state index in [4.69, 9.17) is 9.52 Å². The molecule has 2 N–H and O–H groups in total. The van der Waals surface area contributed by atoms with E-state index in [1.807, 2.05) is 0 Å². The van der Waals surface area contributed by atoms with Crippen LogP contribution in [-0.2, 0) is 11.2 Å². The van der Waals surface area contributed by atoms with Gasteiger partial charge in [-0.05, 0) is 37.5 Å². The number of carboxylic acid groups (broad SMARTS) is 1. The summed E-state index contributed by atoms with van der Waals surface area (Å²) in [7, 11) is 0. The average molecular weight is 318 g/mol. The zero-order chi connectivity index (χ0) is 16.6. The van der Waals surface area contributed by atoms with Crippen molar-refractivity contribution in [3.63, 3.8) is 0 Å². The summed E-state index contributed by atoms with van der Waals surface area (Å²) in [5.74, 6) is -1.34. The maximum atomic E-state index is 13.8. The number of aliphatic carboxylic acids is 1. The Bertz CT molecular complexity index is 780. The van der Waals surface area contributed by atoms with Gasteiger partial charge in [0.25, 0.3) is 5.91 Å². The Labute approximate surface area is 131 Å². The lowest BCUT2D eigenvalue weighted by atomic mass is 10.1. The van der Waals surface area contributed by atoms with E-state index in [1.165, 1.54) is 12.1 Å². The molecule has 1 aromatic carbocycles. The standard InChI is InChI=1S/C16H15FN2O4/c1-8-14(23-16(18-8)9-2-3-9)15(22)19-11-5-4-10(6-13(20)21)12(17)7-11/h4-5,7,9H,2-3,6H2,1H3,(H,19,22)(H,20,21). The normalized spacial score (nSPS) is 13.8. The first-order valence-corrected chi connectivity index (χ1v) is 7.23. The second-order valence-electron chi connectivity index (χ2n) is 5.57. The summed E-state index contributed by atoms with van der Waals surface area (Å²) >= 11 is 0. The van der Waals surface area contributed by atoms with Gasteiger partial charge in [-0.1, -0.05) is 6.07 Å². The van der Waals surface area contributed by atoms with Crippen molar-refractivity contribution in [3.05, 3.63) is 46.9 Å². The molecule has 1 aliphatic carbocycles. The summed E-state index contributed by atoms with van der Waals surface area (Å²) in [6.07, 6.45) is 1.61. The molecule has 1 aliphatic rings. The van der Waals surface area contributed by atoms with Gasteiger partial charge in [-0.2, -0.15) is 0 Å². The predicted molar refractivity (Wildman–Crippen MR) is 78.9 cm³/mol. The first-order valence-electron chi connectivity index (χ1n) is 7.23. The predicted octanol–water partition coefficient (Wildman–Crippen LogP) is 2.88. The van der Waals surface area contributed by atoms with Crippen LogP contribution in [0.1, 0.15) is 46.5 Å². The lowest BCUT2D eigenvalue weighted by molar-refractivity contribution is -0.136. The number of hydrogen-bond acceptors (Lipinski definition) is 4. The van der Waals surface area contributed by atoms with Gasteiger partial charge in [-0.3, -0.25) is 9.59 Å². The van der Waals surface area contributed by atoms with Crippen molar-refractivity contribution in [2.45, 2.75) is 32.1 Å². The van der Waals surface area contributed by atoms with Crippen LogP contribution in [0.4, 0.5) is 10.1 Å². The molecular weight excluding hydrogens is 303 g/mol. The first-order chi connectivity index (χ1) is 10.9. The van der Waals surface area contributed by atoms with Crippen LogP contribution < -0.4 is 5.32 Å². The zero-order valence-electron chi connectivity index (χ0n) is 12.4. The minimum Gasteiger partial charge on any atom is -0.481 e. The highest BCUT2D eigenvalue weighted by Gasteiger charge is 2.30. The van der Waals surface area contributed by atoms with Crippen LogP contribution in [0.2, 0.25) is 0 Å². The molecule has 0 bridgehead atoms. The second kappa shape index (κ2) is 5.83. The lowest BCUT2D eigenvalue weighted by Gasteiger charge is -2.06. The smallest absolute Gasteiger partial charge is 0.307 e. The third-order valence-corrected chi connectivity index (χ3v) is 3.60. The monoisotopic (exact) mass is 318 g/mol. The van der Waals surface area contributed by atoms with Crippen molar-refractivity contribution < 1.29 is 23.5 Å². The van der Waals surface area contributed by atoms with Gasteiger partial charge in [0, 0.05) is 11.6 Å². The summed E-state index contributed by atoms with van der Waals surface area (Å²) in [6.45, 7) is 1.68. The Morgan fingerprint density at radius 3 is 2.78 bits per heavy atom. The van der Waals surface area contributed by atoms with Crippen molar-refractivity contribution in [1.82, 2.24) is 4.98 Å². The van der Waals surface area contributed by atoms with E-state index in [2.05, 4.69) is 10.3 Å². The minimum atomic E-state index is -1.12. The van der Waals surface area contributed by atoms with E-state index < -0.39 is 24.1 Å². The van der Waals surface area contributed by atoms with Crippen LogP contribution in [0.15, 0.2) is 22.6 Å². The lowest BCUT2D eigenvalue weighted by Crippen LogP contribution is -2.13. The summed E-state index contributed by atoms with van der Waals surface area (Å²) < 4.78 is 19.3. The number of halogens is 1. The molecule has 3 rings (SSSR count). The van der Waals surface area contributed by atoms with E-state index in [-0.39, 0.29) is 17.0 Å². The second-order valence-corrected chi connectivity index (χ2v) is 5.57. The Balaban J connectivity index is 1.74. The largest absolute Gasteiger partial charge is 0.481 e. The molecule has 0 unspecified atom stereocenters. The highest BCUT2D eigenvalue weighted by molar-refractivity contribution is 6.02. The maximum Gasteiger partial charge on any atom is 0.307 e. The fourth-order valence-electron chi connectivity index (χ4n) is 2.25. The van der Waals surface area contributed by atoms with E-state index in [0.717, 1.165) is 18.9 Å². The molecule has 7 heteroatoms. The fraction of sp³-hybridized carbons (Fsp3) is 0.312. The molecule has 1 amide bonds. The summed E-state index contributed by atoms with van der Waals surface area (Å²) in [6, 6.07) is 3.87. The Hall–Kier alpha value is -2.70. The number of anilines is 1. The van der Waals surface area contributed by atoms with Gasteiger partial charge < -0.3 is 14.8 Å². The molecule has 0 radical (unpaired) electrons. The van der Waals surface area contributed by atoms with E-state index in [9.17, 15) is 14.0 Å². The maximum absolute atomic E-state index is 13.8. The van der Waals surface area contributed by atoms with Gasteiger partial charge in [-0.15, -0.1) is 0 Å². The number of amides is 1. The number of nitrogens with zero attached hydrogens (tertiary/aromatic N) is 1. The first kappa shape index (κ1) is 15.2. The van der Waals surface area contributed by atoms with E-state index >= 15 is 0 Å². The fourth-order valence-corrected chi connectivity index (χ4v) is 2.25. The van der Waals surface area contributed by atoms with Gasteiger partial charge in [0.15, 0.2) is 5.89 Å². The van der Waals surface area contributed by atoms with E-state index in [0.29, 0.717) is 17.5 Å². The summed E-state index contributed by atoms with van der Waals surface area (Å²) in [4.78, 5) is 27.0. The van der Waals surface area contributed by atoms with Crippen molar-refractivity contribution in [3.8, 4) is 0 Å². The van der Waals surface area contributed by atoms with Gasteiger partial charge in [0.05, 0.1) is 12.1 Å². The van der Waals surface area contributed by atoms with Crippen LogP contribution in [0, 0.1) is 12.7 Å². The Morgan fingerprint density at radius 2 is 2.17 bits per heavy atom. The number of hydrogen-bond donors (Lipinski definition) is 2. The van der Waals surface area contributed by atoms with Crippen LogP contribution in [0.3, 0.4) is 0 Å². The topological polar surface area (TPSA) is 92.4 Å². The van der Waals surface area contributed by atoms with Crippen molar-refractivity contribution in [2.24, 2.45) is 0 Å². The summed E-state index contributed by atoms with van der Waals surface area (Å²) in [5, 5.41) is 11.2. The number of carboxylic acids is 1. The number of carbonyl (C=O) groups excluding carboxylic acids is 1. The zero-order valence-corrected chi connectivity index (χ0v) is 12.4. The minimum absolute atomic E-state index is 0.0577. The van der Waals surface area contributed by atoms with Crippen LogP contribution in [0.25, 0.3) is 0 Å². The van der Waals surface area contributed by atoms with Crippen LogP contribution in [0.5, 0.6) is 0 Å². The molecule has 0 spiro atoms. The van der Waals surface area contributed by atoms with E-state index in [1.54, 1.807) is 6.92 Å². The van der Waals surface area contributed by atoms with Crippen LogP contribution >= 0.6 is 0 Å². The molecule has 0 saturated heterocycles.